The van der Waals surface area contributed by atoms with E-state index in [1.807, 2.05) is 6.92 Å². The standard InChI is InChI=1S/C17H29N3O.HI/c1-4-18-17(19-12-6-14-21-5-2)20-13-11-16-9-7-15(3)8-10-16;/h7-10H,4-6,11-14H2,1-3H3,(H2,18,19,20);1H. The first kappa shape index (κ1) is 21.2. The molecule has 0 saturated heterocycles. The first-order valence-corrected chi connectivity index (χ1v) is 7.91. The fourth-order valence-electron chi connectivity index (χ4n) is 1.92. The van der Waals surface area contributed by atoms with Crippen molar-refractivity contribution in [2.45, 2.75) is 33.6 Å². The fraction of sp³-hybridized carbons (Fsp3) is 0.588. The van der Waals surface area contributed by atoms with Crippen molar-refractivity contribution in [1.29, 1.82) is 0 Å². The number of guanidine groups is 1. The molecule has 126 valence electrons. The normalized spacial score (nSPS) is 11.0. The highest BCUT2D eigenvalue weighted by atomic mass is 127. The third-order valence-electron chi connectivity index (χ3n) is 3.09. The van der Waals surface area contributed by atoms with Crippen molar-refractivity contribution in [3.63, 3.8) is 0 Å². The van der Waals surface area contributed by atoms with E-state index in [0.717, 1.165) is 51.6 Å². The van der Waals surface area contributed by atoms with E-state index in [1.54, 1.807) is 0 Å². The van der Waals surface area contributed by atoms with Gasteiger partial charge in [-0.1, -0.05) is 29.8 Å². The van der Waals surface area contributed by atoms with Gasteiger partial charge in [0.25, 0.3) is 0 Å². The van der Waals surface area contributed by atoms with Crippen LogP contribution in [0.25, 0.3) is 0 Å². The highest BCUT2D eigenvalue weighted by molar-refractivity contribution is 14.0. The average molecular weight is 419 g/mol. The van der Waals surface area contributed by atoms with Gasteiger partial charge in [-0.15, -0.1) is 24.0 Å². The van der Waals surface area contributed by atoms with Crippen molar-refractivity contribution >= 4 is 29.9 Å². The number of hydrogen-bond acceptors (Lipinski definition) is 2. The van der Waals surface area contributed by atoms with Crippen molar-refractivity contribution in [2.24, 2.45) is 4.99 Å². The summed E-state index contributed by atoms with van der Waals surface area (Å²) in [6, 6.07) is 8.68. The van der Waals surface area contributed by atoms with Gasteiger partial charge in [-0.25, -0.2) is 0 Å². The second-order valence-electron chi connectivity index (χ2n) is 4.97. The molecule has 22 heavy (non-hydrogen) atoms. The monoisotopic (exact) mass is 419 g/mol. The Morgan fingerprint density at radius 3 is 2.50 bits per heavy atom. The fourth-order valence-corrected chi connectivity index (χ4v) is 1.92. The molecule has 0 unspecified atom stereocenters. The first-order valence-electron chi connectivity index (χ1n) is 7.91. The van der Waals surface area contributed by atoms with E-state index in [9.17, 15) is 0 Å². The molecule has 2 N–H and O–H groups in total. The largest absolute Gasteiger partial charge is 0.382 e. The molecule has 0 aliphatic heterocycles. The number of benzene rings is 1. The average Bonchev–Trinajstić information content (AvgIpc) is 2.49. The molecule has 0 atom stereocenters. The Bertz CT molecular complexity index is 407. The van der Waals surface area contributed by atoms with E-state index in [2.05, 4.69) is 53.7 Å². The number of rotatable bonds is 9. The van der Waals surface area contributed by atoms with Crippen molar-refractivity contribution in [1.82, 2.24) is 10.6 Å². The number of hydrogen-bond donors (Lipinski definition) is 2. The molecule has 0 fully saturated rings. The van der Waals surface area contributed by atoms with Crippen LogP contribution in [-0.4, -0.2) is 38.8 Å². The van der Waals surface area contributed by atoms with Crippen LogP contribution in [0.1, 0.15) is 31.4 Å². The van der Waals surface area contributed by atoms with Gasteiger partial charge in [-0.2, -0.15) is 0 Å². The van der Waals surface area contributed by atoms with E-state index in [0.29, 0.717) is 0 Å². The van der Waals surface area contributed by atoms with Crippen molar-refractivity contribution in [3.05, 3.63) is 35.4 Å². The van der Waals surface area contributed by atoms with Crippen molar-refractivity contribution in [2.75, 3.05) is 32.8 Å². The van der Waals surface area contributed by atoms with Crippen LogP contribution in [0, 0.1) is 6.92 Å². The maximum Gasteiger partial charge on any atom is 0.191 e. The number of aryl methyl sites for hydroxylation is 1. The molecule has 4 nitrogen and oxygen atoms in total. The van der Waals surface area contributed by atoms with Crippen molar-refractivity contribution < 1.29 is 4.74 Å². The van der Waals surface area contributed by atoms with Crippen LogP contribution < -0.4 is 10.6 Å². The van der Waals surface area contributed by atoms with Gasteiger partial charge in [-0.3, -0.25) is 4.99 Å². The summed E-state index contributed by atoms with van der Waals surface area (Å²) >= 11 is 0. The Balaban J connectivity index is 0.00000441. The topological polar surface area (TPSA) is 45.7 Å². The predicted octanol–water partition coefficient (Wildman–Crippen LogP) is 3.14. The van der Waals surface area contributed by atoms with E-state index < -0.39 is 0 Å². The second-order valence-corrected chi connectivity index (χ2v) is 4.97. The van der Waals surface area contributed by atoms with Gasteiger partial charge in [-0.05, 0) is 39.2 Å². The molecular weight excluding hydrogens is 389 g/mol. The SMILES string of the molecule is CCNC(=NCCCOCC)NCCc1ccc(C)cc1.I. The van der Waals surface area contributed by atoms with Crippen LogP contribution in [0.5, 0.6) is 0 Å². The lowest BCUT2D eigenvalue weighted by atomic mass is 10.1. The highest BCUT2D eigenvalue weighted by Crippen LogP contribution is 2.02. The summed E-state index contributed by atoms with van der Waals surface area (Å²) in [4.78, 5) is 4.55. The lowest BCUT2D eigenvalue weighted by molar-refractivity contribution is 0.146. The maximum atomic E-state index is 5.31. The van der Waals surface area contributed by atoms with Crippen molar-refractivity contribution in [3.8, 4) is 0 Å². The molecule has 5 heteroatoms. The zero-order valence-corrected chi connectivity index (χ0v) is 16.4. The molecule has 0 spiro atoms. The zero-order valence-electron chi connectivity index (χ0n) is 14.0. The predicted molar refractivity (Wildman–Crippen MR) is 105 cm³/mol. The van der Waals surface area contributed by atoms with Gasteiger partial charge in [0, 0.05) is 32.8 Å². The molecular formula is C17H30IN3O. The van der Waals surface area contributed by atoms with Crippen LogP contribution in [0.15, 0.2) is 29.3 Å². The second kappa shape index (κ2) is 13.8. The molecule has 1 aromatic carbocycles. The molecule has 0 radical (unpaired) electrons. The number of nitrogens with zero attached hydrogens (tertiary/aromatic N) is 1. The minimum atomic E-state index is 0. The van der Waals surface area contributed by atoms with Crippen LogP contribution in [0.4, 0.5) is 0 Å². The first-order chi connectivity index (χ1) is 10.3. The molecule has 0 saturated carbocycles. The van der Waals surface area contributed by atoms with Crippen LogP contribution in [-0.2, 0) is 11.2 Å². The quantitative estimate of drug-likeness (QED) is 0.280. The summed E-state index contributed by atoms with van der Waals surface area (Å²) in [5.74, 6) is 0.890. The number of aliphatic imine (C=N–C) groups is 1. The molecule has 0 heterocycles. The zero-order chi connectivity index (χ0) is 15.3. The Kier molecular flexibility index (Phi) is 13.3. The smallest absolute Gasteiger partial charge is 0.191 e. The van der Waals surface area contributed by atoms with Gasteiger partial charge in [0.2, 0.25) is 0 Å². The minimum Gasteiger partial charge on any atom is -0.382 e. The third-order valence-corrected chi connectivity index (χ3v) is 3.09. The van der Waals surface area contributed by atoms with E-state index in [1.165, 1.54) is 11.1 Å². The molecule has 1 rings (SSSR count). The molecule has 0 bridgehead atoms. The van der Waals surface area contributed by atoms with Gasteiger partial charge in [0.05, 0.1) is 0 Å². The summed E-state index contributed by atoms with van der Waals surface area (Å²) in [5, 5.41) is 6.64. The Morgan fingerprint density at radius 2 is 1.86 bits per heavy atom. The summed E-state index contributed by atoms with van der Waals surface area (Å²) in [6.45, 7) is 10.3. The Hall–Kier alpha value is -0.820. The number of nitrogens with one attached hydrogen (secondary N) is 2. The summed E-state index contributed by atoms with van der Waals surface area (Å²) in [5.41, 5.74) is 2.65. The molecule has 0 amide bonds. The minimum absolute atomic E-state index is 0. The molecule has 0 aliphatic rings. The van der Waals surface area contributed by atoms with Gasteiger partial charge >= 0.3 is 0 Å². The highest BCUT2D eigenvalue weighted by Gasteiger charge is 1.97. The van der Waals surface area contributed by atoms with Gasteiger partial charge < -0.3 is 15.4 Å². The summed E-state index contributed by atoms with van der Waals surface area (Å²) in [6.07, 6.45) is 1.96. The van der Waals surface area contributed by atoms with E-state index >= 15 is 0 Å². The third kappa shape index (κ3) is 10.00. The van der Waals surface area contributed by atoms with E-state index in [-0.39, 0.29) is 24.0 Å². The summed E-state index contributed by atoms with van der Waals surface area (Å²) < 4.78 is 5.31. The lowest BCUT2D eigenvalue weighted by Crippen LogP contribution is -2.38. The van der Waals surface area contributed by atoms with Crippen LogP contribution in [0.2, 0.25) is 0 Å². The molecule has 0 aromatic heterocycles. The van der Waals surface area contributed by atoms with Gasteiger partial charge in [0.1, 0.15) is 0 Å². The van der Waals surface area contributed by atoms with E-state index in [4.69, 9.17) is 4.74 Å². The van der Waals surface area contributed by atoms with Crippen LogP contribution >= 0.6 is 24.0 Å². The van der Waals surface area contributed by atoms with Gasteiger partial charge in [0.15, 0.2) is 5.96 Å². The molecule has 0 aliphatic carbocycles. The summed E-state index contributed by atoms with van der Waals surface area (Å²) in [7, 11) is 0. The van der Waals surface area contributed by atoms with Crippen LogP contribution in [0.3, 0.4) is 0 Å². The number of ether oxygens (including phenoxy) is 1. The molecule has 1 aromatic rings. The maximum absolute atomic E-state index is 5.31. The Morgan fingerprint density at radius 1 is 1.14 bits per heavy atom. The Labute approximate surface area is 152 Å². The lowest BCUT2D eigenvalue weighted by Gasteiger charge is -2.11. The number of halogens is 1.